The van der Waals surface area contributed by atoms with Gasteiger partial charge in [0.25, 0.3) is 0 Å². The summed E-state index contributed by atoms with van der Waals surface area (Å²) < 4.78 is 10.6. The number of azo groups is 1. The maximum absolute atomic E-state index is 11.4. The summed E-state index contributed by atoms with van der Waals surface area (Å²) in [4.78, 5) is 11.4. The molecule has 0 aliphatic rings. The van der Waals surface area contributed by atoms with Crippen LogP contribution in [0.3, 0.4) is 0 Å². The van der Waals surface area contributed by atoms with Crippen LogP contribution in [-0.4, -0.2) is 25.3 Å². The highest BCUT2D eigenvalue weighted by molar-refractivity contribution is 5.95. The number of carboxylic acid groups (broad SMARTS) is 1. The van der Waals surface area contributed by atoms with Gasteiger partial charge in [-0.05, 0) is 53.1 Å². The van der Waals surface area contributed by atoms with Gasteiger partial charge in [-0.2, -0.15) is 10.2 Å². The molecule has 1 N–H and O–H groups in total. The van der Waals surface area contributed by atoms with E-state index < -0.39 is 5.97 Å². The van der Waals surface area contributed by atoms with E-state index in [1.54, 1.807) is 37.4 Å². The van der Waals surface area contributed by atoms with Gasteiger partial charge < -0.3 is 14.6 Å². The molecule has 0 bridgehead atoms. The summed E-state index contributed by atoms with van der Waals surface area (Å²) in [5.74, 6) is 0.0554. The van der Waals surface area contributed by atoms with Crippen molar-refractivity contribution in [3.05, 3.63) is 90.0 Å². The van der Waals surface area contributed by atoms with Crippen molar-refractivity contribution in [1.29, 1.82) is 0 Å². The smallest absolute Gasteiger partial charge is 0.328 e. The number of hydrogen-bond donors (Lipinski definition) is 1. The van der Waals surface area contributed by atoms with Crippen LogP contribution in [0, 0.1) is 0 Å². The first-order chi connectivity index (χ1) is 14.1. The van der Waals surface area contributed by atoms with Gasteiger partial charge in [-0.1, -0.05) is 36.4 Å². The molecule has 146 valence electrons. The van der Waals surface area contributed by atoms with Crippen LogP contribution >= 0.6 is 0 Å². The van der Waals surface area contributed by atoms with Crippen LogP contribution < -0.4 is 9.47 Å². The van der Waals surface area contributed by atoms with Crippen molar-refractivity contribution in [1.82, 2.24) is 0 Å². The molecule has 3 aromatic rings. The Morgan fingerprint density at radius 3 is 1.97 bits per heavy atom. The molecule has 0 unspecified atom stereocenters. The van der Waals surface area contributed by atoms with Gasteiger partial charge in [0, 0.05) is 6.08 Å². The predicted molar refractivity (Wildman–Crippen MR) is 111 cm³/mol. The van der Waals surface area contributed by atoms with Crippen molar-refractivity contribution < 1.29 is 19.4 Å². The molecule has 0 spiro atoms. The molecule has 29 heavy (non-hydrogen) atoms. The largest absolute Gasteiger partial charge is 0.493 e. The fourth-order valence-electron chi connectivity index (χ4n) is 2.78. The number of hydrogen-bond acceptors (Lipinski definition) is 5. The molecule has 0 saturated carbocycles. The summed E-state index contributed by atoms with van der Waals surface area (Å²) in [6.45, 7) is 0. The van der Waals surface area contributed by atoms with E-state index in [-0.39, 0.29) is 0 Å². The summed E-state index contributed by atoms with van der Waals surface area (Å²) in [5.41, 5.74) is 3.40. The molecule has 0 aromatic heterocycles. The average Bonchev–Trinajstić information content (AvgIpc) is 2.76. The molecule has 3 aromatic carbocycles. The second-order valence-electron chi connectivity index (χ2n) is 6.05. The Balaban J connectivity index is 1.92. The molecule has 6 heteroatoms. The molecule has 0 aliphatic carbocycles. The Morgan fingerprint density at radius 2 is 1.38 bits per heavy atom. The Morgan fingerprint density at radius 1 is 0.793 bits per heavy atom. The van der Waals surface area contributed by atoms with Gasteiger partial charge in [0.2, 0.25) is 0 Å². The molecule has 0 saturated heterocycles. The van der Waals surface area contributed by atoms with Crippen molar-refractivity contribution in [3.8, 4) is 11.5 Å². The summed E-state index contributed by atoms with van der Waals surface area (Å²) in [6, 6.07) is 21.9. The van der Waals surface area contributed by atoms with Crippen LogP contribution in [0.2, 0.25) is 0 Å². The first-order valence-electron chi connectivity index (χ1n) is 8.85. The van der Waals surface area contributed by atoms with Gasteiger partial charge in [-0.3, -0.25) is 0 Å². The monoisotopic (exact) mass is 388 g/mol. The van der Waals surface area contributed by atoms with Gasteiger partial charge in [-0.25, -0.2) is 4.79 Å². The van der Waals surface area contributed by atoms with E-state index in [9.17, 15) is 9.90 Å². The molecule has 0 radical (unpaired) electrons. The van der Waals surface area contributed by atoms with Crippen LogP contribution in [0.15, 0.2) is 89.1 Å². The first-order valence-corrected chi connectivity index (χ1v) is 8.85. The van der Waals surface area contributed by atoms with Crippen LogP contribution in [0.5, 0.6) is 11.5 Å². The van der Waals surface area contributed by atoms with E-state index in [1.165, 1.54) is 13.2 Å². The van der Waals surface area contributed by atoms with E-state index in [2.05, 4.69) is 10.2 Å². The lowest BCUT2D eigenvalue weighted by Gasteiger charge is -2.12. The Kier molecular flexibility index (Phi) is 6.37. The quantitative estimate of drug-likeness (QED) is 0.420. The third kappa shape index (κ3) is 5.07. The van der Waals surface area contributed by atoms with Crippen LogP contribution in [0.25, 0.3) is 5.57 Å². The molecule has 0 heterocycles. The number of benzene rings is 3. The standard InChI is InChI=1S/C23H20N2O4/c1-28-21-13-10-17(14-22(21)29-2)20(15-23(26)27)16-8-11-19(12-9-16)25-24-18-6-4-3-5-7-18/h3-15H,1-2H3,(H,26,27). The number of carboxylic acids is 1. The third-order valence-electron chi connectivity index (χ3n) is 4.18. The van der Waals surface area contributed by atoms with Gasteiger partial charge in [0.15, 0.2) is 11.5 Å². The molecule has 3 rings (SSSR count). The van der Waals surface area contributed by atoms with Gasteiger partial charge >= 0.3 is 5.97 Å². The highest BCUT2D eigenvalue weighted by atomic mass is 16.5. The lowest BCUT2D eigenvalue weighted by Crippen LogP contribution is -1.97. The van der Waals surface area contributed by atoms with Crippen molar-refractivity contribution in [3.63, 3.8) is 0 Å². The van der Waals surface area contributed by atoms with E-state index in [1.807, 2.05) is 42.5 Å². The minimum atomic E-state index is -1.04. The minimum absolute atomic E-state index is 0.523. The fraction of sp³-hybridized carbons (Fsp3) is 0.0870. The SMILES string of the molecule is COc1ccc(C(=CC(=O)O)c2ccc(N=Nc3ccccc3)cc2)cc1OC. The van der Waals surface area contributed by atoms with Gasteiger partial charge in [0.05, 0.1) is 25.6 Å². The van der Waals surface area contributed by atoms with Crippen molar-refractivity contribution in [2.24, 2.45) is 10.2 Å². The van der Waals surface area contributed by atoms with Gasteiger partial charge in [-0.15, -0.1) is 0 Å². The van der Waals surface area contributed by atoms with Gasteiger partial charge in [0.1, 0.15) is 0 Å². The lowest BCUT2D eigenvalue weighted by molar-refractivity contribution is -0.131. The number of methoxy groups -OCH3 is 2. The van der Waals surface area contributed by atoms with E-state index in [0.29, 0.717) is 28.3 Å². The number of nitrogens with zero attached hydrogens (tertiary/aromatic N) is 2. The molecular formula is C23H20N2O4. The van der Waals surface area contributed by atoms with Crippen molar-refractivity contribution in [2.45, 2.75) is 0 Å². The van der Waals surface area contributed by atoms with Crippen LogP contribution in [0.4, 0.5) is 11.4 Å². The highest BCUT2D eigenvalue weighted by Gasteiger charge is 2.12. The molecule has 0 atom stereocenters. The zero-order valence-corrected chi connectivity index (χ0v) is 16.1. The highest BCUT2D eigenvalue weighted by Crippen LogP contribution is 2.33. The molecule has 0 aliphatic heterocycles. The summed E-state index contributed by atoms with van der Waals surface area (Å²) >= 11 is 0. The molecule has 0 amide bonds. The van der Waals surface area contributed by atoms with E-state index in [0.717, 1.165) is 11.3 Å². The summed E-state index contributed by atoms with van der Waals surface area (Å²) in [7, 11) is 3.09. The van der Waals surface area contributed by atoms with Crippen molar-refractivity contribution in [2.75, 3.05) is 14.2 Å². The molecular weight excluding hydrogens is 368 g/mol. The third-order valence-corrected chi connectivity index (χ3v) is 4.18. The van der Waals surface area contributed by atoms with E-state index >= 15 is 0 Å². The Hall–Kier alpha value is -3.93. The number of ether oxygens (including phenoxy) is 2. The molecule has 6 nitrogen and oxygen atoms in total. The van der Waals surface area contributed by atoms with E-state index in [4.69, 9.17) is 9.47 Å². The number of aliphatic carboxylic acids is 1. The first kappa shape index (κ1) is 19.8. The van der Waals surface area contributed by atoms with Crippen LogP contribution in [0.1, 0.15) is 11.1 Å². The second-order valence-corrected chi connectivity index (χ2v) is 6.05. The topological polar surface area (TPSA) is 80.5 Å². The predicted octanol–water partition coefficient (Wildman–Crippen LogP) is 5.64. The zero-order chi connectivity index (χ0) is 20.6. The zero-order valence-electron chi connectivity index (χ0n) is 16.1. The maximum Gasteiger partial charge on any atom is 0.328 e. The summed E-state index contributed by atoms with van der Waals surface area (Å²) in [5, 5.41) is 17.7. The maximum atomic E-state index is 11.4. The summed E-state index contributed by atoms with van der Waals surface area (Å²) in [6.07, 6.45) is 1.17. The number of rotatable bonds is 7. The average molecular weight is 388 g/mol. The second kappa shape index (κ2) is 9.32. The van der Waals surface area contributed by atoms with Crippen molar-refractivity contribution >= 4 is 22.9 Å². The minimum Gasteiger partial charge on any atom is -0.493 e. The normalized spacial score (nSPS) is 11.4. The van der Waals surface area contributed by atoms with Crippen LogP contribution in [-0.2, 0) is 4.79 Å². The number of carbonyl (C=O) groups is 1. The lowest BCUT2D eigenvalue weighted by atomic mass is 9.97. The Labute approximate surface area is 168 Å². The fourth-order valence-corrected chi connectivity index (χ4v) is 2.78. The Bertz CT molecular complexity index is 1040. The molecule has 0 fully saturated rings.